The Morgan fingerprint density at radius 1 is 0.453 bits per heavy atom. The average Bonchev–Trinajstić information content (AvgIpc) is 3.11. The summed E-state index contributed by atoms with van der Waals surface area (Å²) in [6.07, 6.45) is 23.2. The van der Waals surface area contributed by atoms with Crippen molar-refractivity contribution in [2.45, 2.75) is 180 Å². The van der Waals surface area contributed by atoms with Gasteiger partial charge in [0, 0.05) is 71.6 Å². The number of carboxylic acids is 2. The Hall–Kier alpha value is -3.06. The maximum Gasteiger partial charge on any atom is 0.326 e. The van der Waals surface area contributed by atoms with E-state index in [1.165, 1.54) is 77.6 Å². The average molecular weight is 756 g/mol. The van der Waals surface area contributed by atoms with Crippen LogP contribution in [0.3, 0.4) is 0 Å². The van der Waals surface area contributed by atoms with Gasteiger partial charge in [0.15, 0.2) is 0 Å². The van der Waals surface area contributed by atoms with E-state index in [9.17, 15) is 28.8 Å². The van der Waals surface area contributed by atoms with E-state index < -0.39 is 23.9 Å². The quantitative estimate of drug-likeness (QED) is 0.0423. The zero-order valence-corrected chi connectivity index (χ0v) is 32.9. The summed E-state index contributed by atoms with van der Waals surface area (Å²) in [5, 5.41) is 25.8. The van der Waals surface area contributed by atoms with Crippen molar-refractivity contribution in [2.24, 2.45) is 0 Å². The molecule has 3 amide bonds. The lowest BCUT2D eigenvalue weighted by Gasteiger charge is -2.13. The van der Waals surface area contributed by atoms with Crippen LogP contribution in [0.1, 0.15) is 174 Å². The Labute approximate surface area is 318 Å². The van der Waals surface area contributed by atoms with Crippen LogP contribution < -0.4 is 16.0 Å². The third-order valence-electron chi connectivity index (χ3n) is 8.94. The molecule has 0 fully saturated rings. The van der Waals surface area contributed by atoms with Gasteiger partial charge < -0.3 is 40.4 Å². The zero-order valence-electron chi connectivity index (χ0n) is 32.9. The van der Waals surface area contributed by atoms with Crippen LogP contribution in [0.5, 0.6) is 0 Å². The Balaban J connectivity index is 3.38. The highest BCUT2D eigenvalue weighted by atomic mass is 16.5. The van der Waals surface area contributed by atoms with Gasteiger partial charge in [-0.05, 0) is 51.9 Å². The summed E-state index contributed by atoms with van der Waals surface area (Å²) in [6, 6.07) is -1.14. The lowest BCUT2D eigenvalue weighted by molar-refractivity contribution is -0.142. The Kier molecular flexibility index (Phi) is 35.1. The smallest absolute Gasteiger partial charge is 0.326 e. The fraction of sp³-hybridized carbons (Fsp3) is 0.850. The van der Waals surface area contributed by atoms with Crippen LogP contribution in [-0.2, 0) is 38.2 Å². The number of carbonyl (C=O) groups excluding carboxylic acids is 4. The highest BCUT2D eigenvalue weighted by molar-refractivity contribution is 5.87. The van der Waals surface area contributed by atoms with Crippen LogP contribution in [-0.4, -0.2) is 91.2 Å². The Morgan fingerprint density at radius 2 is 0.830 bits per heavy atom. The summed E-state index contributed by atoms with van der Waals surface area (Å²) in [6.45, 7) is 4.77. The van der Waals surface area contributed by atoms with Gasteiger partial charge in [-0.3, -0.25) is 19.2 Å². The van der Waals surface area contributed by atoms with Crippen LogP contribution in [0.2, 0.25) is 0 Å². The predicted molar refractivity (Wildman–Crippen MR) is 206 cm³/mol. The molecule has 5 N–H and O–H groups in total. The summed E-state index contributed by atoms with van der Waals surface area (Å²) in [4.78, 5) is 68.7. The molecule has 0 aromatic rings. The molecule has 0 aromatic carbocycles. The maximum atomic E-state index is 12.1. The minimum atomic E-state index is -1.21. The van der Waals surface area contributed by atoms with Crippen molar-refractivity contribution in [3.8, 4) is 0 Å². The van der Waals surface area contributed by atoms with E-state index in [2.05, 4.69) is 16.0 Å². The largest absolute Gasteiger partial charge is 0.481 e. The number of ether oxygens (including phenoxy) is 2. The molecule has 0 radical (unpaired) electrons. The van der Waals surface area contributed by atoms with Gasteiger partial charge in [-0.1, -0.05) is 89.9 Å². The minimum absolute atomic E-state index is 0.0186. The van der Waals surface area contributed by atoms with Gasteiger partial charge >= 0.3 is 11.9 Å². The van der Waals surface area contributed by atoms with Gasteiger partial charge in [-0.2, -0.15) is 0 Å². The van der Waals surface area contributed by atoms with E-state index in [1.54, 1.807) is 0 Å². The topological polar surface area (TPSA) is 197 Å². The van der Waals surface area contributed by atoms with Gasteiger partial charge in [0.25, 0.3) is 0 Å². The molecule has 0 aliphatic heterocycles. The number of rotatable bonds is 40. The number of Topliss-reactive ketones (excluding diaryl/α,β-unsaturated/α-hetero) is 1. The number of unbranched alkanes of at least 4 members (excludes halogenated alkanes) is 16. The summed E-state index contributed by atoms with van der Waals surface area (Å²) in [5.74, 6) is -2.77. The molecule has 308 valence electrons. The summed E-state index contributed by atoms with van der Waals surface area (Å²) < 4.78 is 11.2. The van der Waals surface area contributed by atoms with Crippen molar-refractivity contribution in [3.63, 3.8) is 0 Å². The number of ketones is 1. The standard InChI is InChI=1S/C40H73N3O10/c1-34(44)24-25-35(40(50)51)43-38(47)27-26-37(46)42-29-21-33-53-31-19-18-30-52-32-20-28-41-36(45)22-16-14-12-10-8-6-4-2-3-5-7-9-11-13-15-17-23-39(48)49/h35H,2-33H2,1H3,(H,41,45)(H,42,46)(H,43,47)(H,48,49)(H,50,51)/t35-/m0/s1. The van der Waals surface area contributed by atoms with Crippen LogP contribution in [0, 0.1) is 0 Å². The van der Waals surface area contributed by atoms with E-state index in [4.69, 9.17) is 19.7 Å². The number of amides is 3. The predicted octanol–water partition coefficient (Wildman–Crippen LogP) is 6.64. The molecule has 0 aliphatic rings. The Bertz CT molecular complexity index is 978. The number of hydrogen-bond donors (Lipinski definition) is 5. The molecule has 0 bridgehead atoms. The molecule has 0 aliphatic carbocycles. The van der Waals surface area contributed by atoms with Crippen LogP contribution in [0.15, 0.2) is 0 Å². The maximum absolute atomic E-state index is 12.1. The second-order valence-electron chi connectivity index (χ2n) is 14.1. The number of aliphatic carboxylic acids is 2. The lowest BCUT2D eigenvalue weighted by Crippen LogP contribution is -2.41. The van der Waals surface area contributed by atoms with Crippen LogP contribution in [0.25, 0.3) is 0 Å². The molecule has 13 nitrogen and oxygen atoms in total. The van der Waals surface area contributed by atoms with Gasteiger partial charge in [-0.15, -0.1) is 0 Å². The SMILES string of the molecule is CC(=O)CC[C@H](NC(=O)CCC(=O)NCCCOCCCCOCCCNC(=O)CCCCCCCCCCCCCCCCCCC(=O)O)C(=O)O. The second-order valence-corrected chi connectivity index (χ2v) is 14.1. The molecule has 0 heterocycles. The first-order valence-electron chi connectivity index (χ1n) is 20.5. The van der Waals surface area contributed by atoms with Gasteiger partial charge in [0.05, 0.1) is 0 Å². The monoisotopic (exact) mass is 756 g/mol. The molecular formula is C40H73N3O10. The molecule has 0 saturated carbocycles. The van der Waals surface area contributed by atoms with Gasteiger partial charge in [0.1, 0.15) is 11.8 Å². The molecule has 0 saturated heterocycles. The fourth-order valence-electron chi connectivity index (χ4n) is 5.73. The van der Waals surface area contributed by atoms with E-state index >= 15 is 0 Å². The zero-order chi connectivity index (χ0) is 39.2. The van der Waals surface area contributed by atoms with E-state index in [1.807, 2.05) is 0 Å². The van der Waals surface area contributed by atoms with Crippen LogP contribution >= 0.6 is 0 Å². The second kappa shape index (κ2) is 37.3. The summed E-state index contributed by atoms with van der Waals surface area (Å²) in [5.41, 5.74) is 0. The molecule has 53 heavy (non-hydrogen) atoms. The fourth-order valence-corrected chi connectivity index (χ4v) is 5.73. The summed E-state index contributed by atoms with van der Waals surface area (Å²) >= 11 is 0. The number of carboxylic acid groups (broad SMARTS) is 2. The van der Waals surface area contributed by atoms with Crippen molar-refractivity contribution in [1.82, 2.24) is 16.0 Å². The first-order chi connectivity index (χ1) is 25.6. The number of carbonyl (C=O) groups is 6. The van der Waals surface area contributed by atoms with Crippen molar-refractivity contribution in [3.05, 3.63) is 0 Å². The van der Waals surface area contributed by atoms with Crippen molar-refractivity contribution < 1.29 is 48.5 Å². The first-order valence-corrected chi connectivity index (χ1v) is 20.5. The Morgan fingerprint density at radius 3 is 1.25 bits per heavy atom. The van der Waals surface area contributed by atoms with Gasteiger partial charge in [-0.25, -0.2) is 4.79 Å². The highest BCUT2D eigenvalue weighted by Crippen LogP contribution is 2.14. The molecule has 0 aromatic heterocycles. The lowest BCUT2D eigenvalue weighted by atomic mass is 10.0. The third-order valence-corrected chi connectivity index (χ3v) is 8.94. The van der Waals surface area contributed by atoms with Crippen molar-refractivity contribution in [2.75, 3.05) is 39.5 Å². The van der Waals surface area contributed by atoms with Crippen LogP contribution in [0.4, 0.5) is 0 Å². The molecule has 13 heteroatoms. The van der Waals surface area contributed by atoms with Gasteiger partial charge in [0.2, 0.25) is 17.7 Å². The molecule has 0 spiro atoms. The van der Waals surface area contributed by atoms with E-state index in [0.29, 0.717) is 58.8 Å². The molecule has 1 atom stereocenters. The minimum Gasteiger partial charge on any atom is -0.481 e. The number of nitrogens with one attached hydrogen (secondary N) is 3. The van der Waals surface area contributed by atoms with Crippen molar-refractivity contribution in [1.29, 1.82) is 0 Å². The van der Waals surface area contributed by atoms with E-state index in [0.717, 1.165) is 51.4 Å². The normalized spacial score (nSPS) is 11.6. The van der Waals surface area contributed by atoms with E-state index in [-0.39, 0.29) is 43.3 Å². The molecule has 0 rings (SSSR count). The third kappa shape index (κ3) is 38.5. The first kappa shape index (κ1) is 49.9. The molecule has 0 unspecified atom stereocenters. The highest BCUT2D eigenvalue weighted by Gasteiger charge is 2.20. The molecular weight excluding hydrogens is 682 g/mol. The number of hydrogen-bond acceptors (Lipinski definition) is 8. The van der Waals surface area contributed by atoms with Crippen molar-refractivity contribution >= 4 is 35.4 Å². The summed E-state index contributed by atoms with van der Waals surface area (Å²) in [7, 11) is 0.